The molecule has 4 heterocycles. The van der Waals surface area contributed by atoms with Gasteiger partial charge in [0.05, 0.1) is 11.4 Å². The van der Waals surface area contributed by atoms with Crippen LogP contribution in [0.3, 0.4) is 0 Å². The van der Waals surface area contributed by atoms with Crippen LogP contribution >= 0.6 is 0 Å². The molecule has 0 bridgehead atoms. The third kappa shape index (κ3) is 4.17. The van der Waals surface area contributed by atoms with Crippen LogP contribution in [0.4, 0.5) is 0 Å². The second kappa shape index (κ2) is 7.51. The van der Waals surface area contributed by atoms with Crippen LogP contribution in [0, 0.1) is 5.92 Å². The Morgan fingerprint density at radius 3 is 2.61 bits per heavy atom. The average molecular weight is 380 g/mol. The molecule has 0 radical (unpaired) electrons. The van der Waals surface area contributed by atoms with Gasteiger partial charge in [0, 0.05) is 37.0 Å². The molecular formula is C22H29N5O. The fourth-order valence-electron chi connectivity index (χ4n) is 3.84. The Labute approximate surface area is 165 Å². The smallest absolute Gasteiger partial charge is 0.266 e. The molecule has 1 aliphatic heterocycles. The van der Waals surface area contributed by atoms with Gasteiger partial charge in [-0.25, -0.2) is 9.67 Å². The number of aromatic nitrogens is 4. The SMILES string of the molecule is CC(C)(C)c1ccc(=O)n(CC2CCN(Cc3cn4ccccc4n3)CC2)n1. The number of hydrogen-bond donors (Lipinski definition) is 0. The van der Waals surface area contributed by atoms with E-state index >= 15 is 0 Å². The minimum atomic E-state index is -0.0487. The molecule has 6 heteroatoms. The normalized spacial score (nSPS) is 16.7. The van der Waals surface area contributed by atoms with Gasteiger partial charge in [0.15, 0.2) is 0 Å². The summed E-state index contributed by atoms with van der Waals surface area (Å²) in [5, 5.41) is 4.63. The summed E-state index contributed by atoms with van der Waals surface area (Å²) in [4.78, 5) is 19.4. The van der Waals surface area contributed by atoms with Crippen LogP contribution in [-0.4, -0.2) is 37.2 Å². The lowest BCUT2D eigenvalue weighted by atomic mass is 9.92. The van der Waals surface area contributed by atoms with E-state index in [2.05, 4.69) is 41.4 Å². The molecule has 6 nitrogen and oxygen atoms in total. The molecule has 0 saturated carbocycles. The lowest BCUT2D eigenvalue weighted by Gasteiger charge is -2.31. The maximum absolute atomic E-state index is 12.2. The molecule has 1 aliphatic rings. The highest BCUT2D eigenvalue weighted by Gasteiger charge is 2.22. The van der Waals surface area contributed by atoms with Crippen LogP contribution < -0.4 is 5.56 Å². The molecule has 3 aromatic rings. The summed E-state index contributed by atoms with van der Waals surface area (Å²) in [6.45, 7) is 10.0. The van der Waals surface area contributed by atoms with Crippen molar-refractivity contribution in [2.75, 3.05) is 13.1 Å². The predicted molar refractivity (Wildman–Crippen MR) is 110 cm³/mol. The Morgan fingerprint density at radius 2 is 1.89 bits per heavy atom. The maximum Gasteiger partial charge on any atom is 0.266 e. The molecule has 3 aromatic heterocycles. The van der Waals surface area contributed by atoms with Crippen LogP contribution in [0.25, 0.3) is 5.65 Å². The number of rotatable bonds is 4. The van der Waals surface area contributed by atoms with Crippen LogP contribution in [0.5, 0.6) is 0 Å². The Hall–Kier alpha value is -2.47. The zero-order chi connectivity index (χ0) is 19.7. The van der Waals surface area contributed by atoms with Crippen molar-refractivity contribution in [2.45, 2.75) is 52.1 Å². The van der Waals surface area contributed by atoms with Gasteiger partial charge in [-0.1, -0.05) is 26.8 Å². The van der Waals surface area contributed by atoms with Crippen molar-refractivity contribution in [1.82, 2.24) is 24.1 Å². The molecule has 0 aromatic carbocycles. The minimum absolute atomic E-state index is 0.000120. The van der Waals surface area contributed by atoms with E-state index < -0.39 is 0 Å². The standard InChI is InChI=1S/C22H29N5O/c1-22(2,3)19-7-8-21(28)27(24-19)14-17-9-12-25(13-10-17)15-18-16-26-11-5-4-6-20(26)23-18/h4-8,11,16-17H,9-10,12-15H2,1-3H3. The first-order valence-electron chi connectivity index (χ1n) is 10.1. The second-order valence-electron chi connectivity index (χ2n) is 8.91. The maximum atomic E-state index is 12.2. The quantitative estimate of drug-likeness (QED) is 0.699. The topological polar surface area (TPSA) is 55.4 Å². The summed E-state index contributed by atoms with van der Waals surface area (Å²) in [7, 11) is 0. The van der Waals surface area contributed by atoms with E-state index in [0.29, 0.717) is 12.5 Å². The van der Waals surface area contributed by atoms with E-state index in [1.165, 1.54) is 0 Å². The predicted octanol–water partition coefficient (Wildman–Crippen LogP) is 3.10. The number of likely N-dealkylation sites (tertiary alicyclic amines) is 1. The van der Waals surface area contributed by atoms with Gasteiger partial charge >= 0.3 is 0 Å². The zero-order valence-corrected chi connectivity index (χ0v) is 17.0. The van der Waals surface area contributed by atoms with Gasteiger partial charge in [0.25, 0.3) is 5.56 Å². The van der Waals surface area contributed by atoms with Crippen molar-refractivity contribution in [3.63, 3.8) is 0 Å². The van der Waals surface area contributed by atoms with Crippen molar-refractivity contribution < 1.29 is 0 Å². The lowest BCUT2D eigenvalue weighted by Crippen LogP contribution is -2.37. The van der Waals surface area contributed by atoms with E-state index in [-0.39, 0.29) is 11.0 Å². The summed E-state index contributed by atoms with van der Waals surface area (Å²) in [5.74, 6) is 0.498. The van der Waals surface area contributed by atoms with Crippen LogP contribution in [-0.2, 0) is 18.5 Å². The Balaban J connectivity index is 1.36. The summed E-state index contributed by atoms with van der Waals surface area (Å²) < 4.78 is 3.74. The van der Waals surface area contributed by atoms with Gasteiger partial charge in [0.1, 0.15) is 5.65 Å². The molecule has 148 valence electrons. The Morgan fingerprint density at radius 1 is 1.11 bits per heavy atom. The monoisotopic (exact) mass is 379 g/mol. The molecule has 0 N–H and O–H groups in total. The summed E-state index contributed by atoms with van der Waals surface area (Å²) in [6, 6.07) is 9.59. The molecular weight excluding hydrogens is 350 g/mol. The number of hydrogen-bond acceptors (Lipinski definition) is 4. The summed E-state index contributed by atoms with van der Waals surface area (Å²) >= 11 is 0. The largest absolute Gasteiger partial charge is 0.307 e. The van der Waals surface area contributed by atoms with Gasteiger partial charge in [-0.05, 0) is 50.0 Å². The van der Waals surface area contributed by atoms with Crippen LogP contribution in [0.1, 0.15) is 45.0 Å². The molecule has 1 fully saturated rings. The number of pyridine rings is 1. The van der Waals surface area contributed by atoms with E-state index in [0.717, 1.165) is 49.5 Å². The van der Waals surface area contributed by atoms with Gasteiger partial charge in [-0.2, -0.15) is 5.10 Å². The summed E-state index contributed by atoms with van der Waals surface area (Å²) in [5.41, 5.74) is 3.03. The van der Waals surface area contributed by atoms with Crippen molar-refractivity contribution in [3.05, 3.63) is 64.5 Å². The number of nitrogens with zero attached hydrogens (tertiary/aromatic N) is 5. The number of piperidine rings is 1. The summed E-state index contributed by atoms with van der Waals surface area (Å²) in [6.07, 6.45) is 6.32. The fraction of sp³-hybridized carbons (Fsp3) is 0.500. The first-order chi connectivity index (χ1) is 13.4. The highest BCUT2D eigenvalue weighted by Crippen LogP contribution is 2.21. The molecule has 0 spiro atoms. The molecule has 0 aliphatic carbocycles. The van der Waals surface area contributed by atoms with Crippen molar-refractivity contribution >= 4 is 5.65 Å². The van der Waals surface area contributed by atoms with Gasteiger partial charge < -0.3 is 4.40 Å². The zero-order valence-electron chi connectivity index (χ0n) is 17.0. The van der Waals surface area contributed by atoms with E-state index in [9.17, 15) is 4.79 Å². The van der Waals surface area contributed by atoms with Crippen LogP contribution in [0.2, 0.25) is 0 Å². The Bertz CT molecular complexity index is 972. The molecule has 1 saturated heterocycles. The highest BCUT2D eigenvalue weighted by atomic mass is 16.1. The molecule has 0 unspecified atom stereocenters. The van der Waals surface area contributed by atoms with Crippen molar-refractivity contribution in [2.24, 2.45) is 5.92 Å². The molecule has 28 heavy (non-hydrogen) atoms. The average Bonchev–Trinajstić information content (AvgIpc) is 3.06. The van der Waals surface area contributed by atoms with E-state index in [1.807, 2.05) is 30.5 Å². The van der Waals surface area contributed by atoms with Crippen LogP contribution in [0.15, 0.2) is 47.5 Å². The van der Waals surface area contributed by atoms with Gasteiger partial charge in [-0.3, -0.25) is 9.69 Å². The van der Waals surface area contributed by atoms with E-state index in [4.69, 9.17) is 4.98 Å². The number of fused-ring (bicyclic) bond motifs is 1. The third-order valence-electron chi connectivity index (χ3n) is 5.57. The minimum Gasteiger partial charge on any atom is -0.307 e. The third-order valence-corrected chi connectivity index (χ3v) is 5.57. The molecule has 0 atom stereocenters. The first kappa shape index (κ1) is 18.9. The highest BCUT2D eigenvalue weighted by molar-refractivity contribution is 5.39. The van der Waals surface area contributed by atoms with Crippen molar-refractivity contribution in [3.8, 4) is 0 Å². The van der Waals surface area contributed by atoms with Crippen molar-refractivity contribution in [1.29, 1.82) is 0 Å². The first-order valence-corrected chi connectivity index (χ1v) is 10.1. The number of imidazole rings is 1. The lowest BCUT2D eigenvalue weighted by molar-refractivity contribution is 0.162. The molecule has 0 amide bonds. The van der Waals surface area contributed by atoms with Gasteiger partial charge in [-0.15, -0.1) is 0 Å². The fourth-order valence-corrected chi connectivity index (χ4v) is 3.84. The van der Waals surface area contributed by atoms with Gasteiger partial charge in [0.2, 0.25) is 0 Å². The second-order valence-corrected chi connectivity index (χ2v) is 8.91. The Kier molecular flexibility index (Phi) is 5.06. The van der Waals surface area contributed by atoms with E-state index in [1.54, 1.807) is 10.7 Å². The molecule has 4 rings (SSSR count).